The van der Waals surface area contributed by atoms with E-state index >= 15 is 0 Å². The van der Waals surface area contributed by atoms with Crippen molar-refractivity contribution >= 4 is 11.6 Å². The number of nitrogen functional groups attached to an aromatic ring is 1. The summed E-state index contributed by atoms with van der Waals surface area (Å²) < 4.78 is 0. The minimum Gasteiger partial charge on any atom is -0.398 e. The van der Waals surface area contributed by atoms with Crippen molar-refractivity contribution in [1.29, 1.82) is 5.26 Å². The lowest BCUT2D eigenvalue weighted by Crippen LogP contribution is -2.34. The van der Waals surface area contributed by atoms with Crippen molar-refractivity contribution in [3.8, 4) is 6.07 Å². The van der Waals surface area contributed by atoms with Gasteiger partial charge in [-0.1, -0.05) is 0 Å². The van der Waals surface area contributed by atoms with Crippen molar-refractivity contribution in [1.82, 2.24) is 9.88 Å². The first-order chi connectivity index (χ1) is 8.24. The lowest BCUT2D eigenvalue weighted by atomic mass is 10.2. The average Bonchev–Trinajstić information content (AvgIpc) is 3.14. The molecule has 2 rings (SSSR count). The van der Waals surface area contributed by atoms with E-state index in [1.165, 1.54) is 6.20 Å². The summed E-state index contributed by atoms with van der Waals surface area (Å²) in [5.74, 6) is -0.117. The van der Waals surface area contributed by atoms with Gasteiger partial charge in [-0.25, -0.2) is 0 Å². The van der Waals surface area contributed by atoms with E-state index in [1.54, 1.807) is 17.2 Å². The van der Waals surface area contributed by atoms with Crippen LogP contribution in [0.15, 0.2) is 18.5 Å². The standard InChI is InChI=1S/C12H14N4O/c13-5-1-7-16(9-2-3-9)12(17)10-8-15-6-4-11(10)14/h4,6,8-9H,1-3,7H2,(H2,14,15). The molecule has 1 aliphatic rings. The highest BCUT2D eigenvalue weighted by molar-refractivity contribution is 5.99. The minimum atomic E-state index is -0.117. The van der Waals surface area contributed by atoms with E-state index in [4.69, 9.17) is 11.0 Å². The molecule has 1 aliphatic carbocycles. The van der Waals surface area contributed by atoms with Gasteiger partial charge in [0, 0.05) is 30.7 Å². The molecule has 0 aliphatic heterocycles. The fourth-order valence-electron chi connectivity index (χ4n) is 1.75. The molecule has 0 saturated heterocycles. The molecule has 1 amide bonds. The number of carbonyl (C=O) groups is 1. The van der Waals surface area contributed by atoms with Crippen LogP contribution >= 0.6 is 0 Å². The molecule has 0 bridgehead atoms. The quantitative estimate of drug-likeness (QED) is 0.841. The summed E-state index contributed by atoms with van der Waals surface area (Å²) in [6, 6.07) is 3.95. The summed E-state index contributed by atoms with van der Waals surface area (Å²) in [6.07, 6.45) is 5.42. The predicted molar refractivity (Wildman–Crippen MR) is 62.9 cm³/mol. The topological polar surface area (TPSA) is 83.0 Å². The first-order valence-electron chi connectivity index (χ1n) is 5.61. The Kier molecular flexibility index (Phi) is 3.24. The molecule has 0 spiro atoms. The molecule has 0 atom stereocenters. The smallest absolute Gasteiger partial charge is 0.257 e. The fourth-order valence-corrected chi connectivity index (χ4v) is 1.75. The van der Waals surface area contributed by atoms with E-state index in [1.807, 2.05) is 0 Å². The highest BCUT2D eigenvalue weighted by Crippen LogP contribution is 2.29. The lowest BCUT2D eigenvalue weighted by Gasteiger charge is -2.21. The number of rotatable bonds is 4. The highest BCUT2D eigenvalue weighted by Gasteiger charge is 2.33. The Morgan fingerprint density at radius 1 is 1.65 bits per heavy atom. The third-order valence-electron chi connectivity index (χ3n) is 2.80. The Morgan fingerprint density at radius 3 is 3.00 bits per heavy atom. The third-order valence-corrected chi connectivity index (χ3v) is 2.80. The van der Waals surface area contributed by atoms with Gasteiger partial charge in [0.2, 0.25) is 0 Å². The maximum atomic E-state index is 12.2. The lowest BCUT2D eigenvalue weighted by molar-refractivity contribution is 0.0747. The largest absolute Gasteiger partial charge is 0.398 e. The van der Waals surface area contributed by atoms with Gasteiger partial charge in [-0.05, 0) is 18.9 Å². The second-order valence-electron chi connectivity index (χ2n) is 4.10. The summed E-state index contributed by atoms with van der Waals surface area (Å²) >= 11 is 0. The fraction of sp³-hybridized carbons (Fsp3) is 0.417. The first-order valence-corrected chi connectivity index (χ1v) is 5.61. The van der Waals surface area contributed by atoms with E-state index < -0.39 is 0 Å². The Bertz CT molecular complexity index is 462. The number of hydrogen-bond donors (Lipinski definition) is 1. The van der Waals surface area contributed by atoms with Crippen molar-refractivity contribution in [2.45, 2.75) is 25.3 Å². The van der Waals surface area contributed by atoms with Crippen LogP contribution in [0, 0.1) is 11.3 Å². The van der Waals surface area contributed by atoms with Gasteiger partial charge in [-0.3, -0.25) is 9.78 Å². The normalized spacial score (nSPS) is 14.1. The van der Waals surface area contributed by atoms with Crippen molar-refractivity contribution in [3.63, 3.8) is 0 Å². The van der Waals surface area contributed by atoms with Crippen molar-refractivity contribution < 1.29 is 4.79 Å². The monoisotopic (exact) mass is 230 g/mol. The van der Waals surface area contributed by atoms with Crippen LogP contribution in [0.2, 0.25) is 0 Å². The number of pyridine rings is 1. The summed E-state index contributed by atoms with van der Waals surface area (Å²) in [6.45, 7) is 0.467. The summed E-state index contributed by atoms with van der Waals surface area (Å²) in [7, 11) is 0. The molecule has 1 saturated carbocycles. The number of aromatic nitrogens is 1. The Morgan fingerprint density at radius 2 is 2.41 bits per heavy atom. The number of carbonyl (C=O) groups excluding carboxylic acids is 1. The van der Waals surface area contributed by atoms with Crippen LogP contribution in [0.3, 0.4) is 0 Å². The Hall–Kier alpha value is -2.09. The molecule has 1 fully saturated rings. The second kappa shape index (κ2) is 4.83. The molecule has 5 nitrogen and oxygen atoms in total. The van der Waals surface area contributed by atoms with Crippen molar-refractivity contribution in [2.75, 3.05) is 12.3 Å². The van der Waals surface area contributed by atoms with Crippen LogP contribution in [0.4, 0.5) is 5.69 Å². The van der Waals surface area contributed by atoms with Crippen molar-refractivity contribution in [3.05, 3.63) is 24.0 Å². The molecular weight excluding hydrogens is 216 g/mol. The summed E-state index contributed by atoms with van der Waals surface area (Å²) in [5.41, 5.74) is 6.62. The van der Waals surface area contributed by atoms with Gasteiger partial charge < -0.3 is 10.6 Å². The Labute approximate surface area is 99.9 Å². The van der Waals surface area contributed by atoms with Gasteiger partial charge in [0.05, 0.1) is 18.1 Å². The summed E-state index contributed by atoms with van der Waals surface area (Å²) in [4.78, 5) is 17.9. The van der Waals surface area contributed by atoms with Gasteiger partial charge in [0.15, 0.2) is 0 Å². The van der Waals surface area contributed by atoms with Gasteiger partial charge in [0.25, 0.3) is 5.91 Å². The molecule has 1 heterocycles. The van der Waals surface area contributed by atoms with Crippen LogP contribution in [-0.4, -0.2) is 28.4 Å². The maximum Gasteiger partial charge on any atom is 0.257 e. The molecule has 1 aromatic heterocycles. The number of hydrogen-bond acceptors (Lipinski definition) is 4. The molecule has 0 unspecified atom stereocenters. The third kappa shape index (κ3) is 2.53. The van der Waals surface area contributed by atoms with Gasteiger partial charge in [0.1, 0.15) is 0 Å². The second-order valence-corrected chi connectivity index (χ2v) is 4.10. The molecule has 2 N–H and O–H groups in total. The van der Waals surface area contributed by atoms with Gasteiger partial charge >= 0.3 is 0 Å². The van der Waals surface area contributed by atoms with Crippen LogP contribution in [0.1, 0.15) is 29.6 Å². The number of anilines is 1. The van der Waals surface area contributed by atoms with E-state index in [0.717, 1.165) is 12.8 Å². The molecule has 1 aromatic rings. The molecule has 0 radical (unpaired) electrons. The van der Waals surface area contributed by atoms with E-state index in [2.05, 4.69) is 11.1 Å². The maximum absolute atomic E-state index is 12.2. The zero-order chi connectivity index (χ0) is 12.3. The molecule has 5 heteroatoms. The first kappa shape index (κ1) is 11.4. The predicted octanol–water partition coefficient (Wildman–Crippen LogP) is 1.18. The average molecular weight is 230 g/mol. The zero-order valence-corrected chi connectivity index (χ0v) is 9.47. The zero-order valence-electron chi connectivity index (χ0n) is 9.47. The molecule has 0 aromatic carbocycles. The highest BCUT2D eigenvalue weighted by atomic mass is 16.2. The van der Waals surface area contributed by atoms with Crippen molar-refractivity contribution in [2.24, 2.45) is 0 Å². The van der Waals surface area contributed by atoms with E-state index in [0.29, 0.717) is 24.2 Å². The molecular formula is C12H14N4O. The van der Waals surface area contributed by atoms with Crippen LogP contribution < -0.4 is 5.73 Å². The Balaban J connectivity index is 2.16. The number of amides is 1. The number of nitriles is 1. The van der Waals surface area contributed by atoms with E-state index in [-0.39, 0.29) is 11.9 Å². The molecule has 88 valence electrons. The van der Waals surface area contributed by atoms with Crippen LogP contribution in [0.5, 0.6) is 0 Å². The van der Waals surface area contributed by atoms with Gasteiger partial charge in [-0.2, -0.15) is 5.26 Å². The number of nitrogens with zero attached hydrogens (tertiary/aromatic N) is 3. The summed E-state index contributed by atoms with van der Waals surface area (Å²) in [5, 5.41) is 8.60. The minimum absolute atomic E-state index is 0.117. The van der Waals surface area contributed by atoms with Crippen LogP contribution in [-0.2, 0) is 0 Å². The number of nitrogens with two attached hydrogens (primary N) is 1. The van der Waals surface area contributed by atoms with Gasteiger partial charge in [-0.15, -0.1) is 0 Å². The van der Waals surface area contributed by atoms with E-state index in [9.17, 15) is 4.79 Å². The van der Waals surface area contributed by atoms with Crippen LogP contribution in [0.25, 0.3) is 0 Å². The SMILES string of the molecule is N#CCCN(C(=O)c1cnccc1N)C1CC1. The molecule has 17 heavy (non-hydrogen) atoms.